The standard InChI is InChI=1S/C13H11F3N4O/c1-2-17-11-6-18-10(5-19-11)13(21)20-9-4-7(14)3-8(15)12(9)16/h3-6H,2H2,1H3,(H,17,19)(H,20,21). The van der Waals surface area contributed by atoms with E-state index >= 15 is 0 Å². The van der Waals surface area contributed by atoms with Gasteiger partial charge >= 0.3 is 0 Å². The van der Waals surface area contributed by atoms with Gasteiger partial charge in [-0.2, -0.15) is 0 Å². The Morgan fingerprint density at radius 3 is 2.57 bits per heavy atom. The Morgan fingerprint density at radius 1 is 1.19 bits per heavy atom. The predicted octanol–water partition coefficient (Wildman–Crippen LogP) is 2.58. The fourth-order valence-electron chi connectivity index (χ4n) is 1.55. The maximum absolute atomic E-state index is 13.4. The Hall–Kier alpha value is -2.64. The van der Waals surface area contributed by atoms with Gasteiger partial charge in [0.15, 0.2) is 11.6 Å². The van der Waals surface area contributed by atoms with Crippen LogP contribution in [-0.2, 0) is 0 Å². The average Bonchev–Trinajstić information content (AvgIpc) is 2.45. The highest BCUT2D eigenvalue weighted by atomic mass is 19.2. The lowest BCUT2D eigenvalue weighted by atomic mass is 10.2. The minimum absolute atomic E-state index is 0.110. The molecule has 2 aromatic rings. The van der Waals surface area contributed by atoms with E-state index in [1.807, 2.05) is 12.2 Å². The van der Waals surface area contributed by atoms with E-state index in [-0.39, 0.29) is 5.69 Å². The van der Waals surface area contributed by atoms with Gasteiger partial charge in [-0.15, -0.1) is 0 Å². The molecule has 2 rings (SSSR count). The number of hydrogen-bond acceptors (Lipinski definition) is 4. The second-order valence-corrected chi connectivity index (χ2v) is 4.02. The number of amides is 1. The number of halogens is 3. The fraction of sp³-hybridized carbons (Fsp3) is 0.154. The van der Waals surface area contributed by atoms with Gasteiger partial charge in [0.1, 0.15) is 17.3 Å². The quantitative estimate of drug-likeness (QED) is 0.851. The molecule has 0 aliphatic heterocycles. The number of hydrogen-bond donors (Lipinski definition) is 2. The zero-order chi connectivity index (χ0) is 15.4. The molecular formula is C13H11F3N4O. The van der Waals surface area contributed by atoms with Gasteiger partial charge in [-0.3, -0.25) is 4.79 Å². The van der Waals surface area contributed by atoms with Crippen LogP contribution in [0.3, 0.4) is 0 Å². The normalized spacial score (nSPS) is 10.3. The summed E-state index contributed by atoms with van der Waals surface area (Å²) in [7, 11) is 0. The molecule has 0 bridgehead atoms. The van der Waals surface area contributed by atoms with Crippen LogP contribution in [0, 0.1) is 17.5 Å². The highest BCUT2D eigenvalue weighted by Crippen LogP contribution is 2.19. The van der Waals surface area contributed by atoms with Crippen LogP contribution in [0.15, 0.2) is 24.5 Å². The first kappa shape index (κ1) is 14.8. The summed E-state index contributed by atoms with van der Waals surface area (Å²) < 4.78 is 39.5. The summed E-state index contributed by atoms with van der Waals surface area (Å²) in [5.41, 5.74) is -0.712. The molecule has 1 heterocycles. The summed E-state index contributed by atoms with van der Waals surface area (Å²) >= 11 is 0. The molecule has 110 valence electrons. The Balaban J connectivity index is 2.18. The molecule has 8 heteroatoms. The van der Waals surface area contributed by atoms with Crippen LogP contribution < -0.4 is 10.6 Å². The highest BCUT2D eigenvalue weighted by molar-refractivity contribution is 6.02. The van der Waals surface area contributed by atoms with Crippen molar-refractivity contribution < 1.29 is 18.0 Å². The van der Waals surface area contributed by atoms with Crippen LogP contribution in [0.1, 0.15) is 17.4 Å². The first-order valence-corrected chi connectivity index (χ1v) is 6.03. The predicted molar refractivity (Wildman–Crippen MR) is 70.5 cm³/mol. The number of aromatic nitrogens is 2. The average molecular weight is 296 g/mol. The fourth-order valence-corrected chi connectivity index (χ4v) is 1.55. The number of carbonyl (C=O) groups excluding carboxylic acids is 1. The van der Waals surface area contributed by atoms with E-state index in [4.69, 9.17) is 0 Å². The smallest absolute Gasteiger partial charge is 0.275 e. The number of benzene rings is 1. The van der Waals surface area contributed by atoms with Crippen LogP contribution >= 0.6 is 0 Å². The molecular weight excluding hydrogens is 285 g/mol. The van der Waals surface area contributed by atoms with Crippen molar-refractivity contribution in [3.8, 4) is 0 Å². The van der Waals surface area contributed by atoms with Crippen LogP contribution in [0.25, 0.3) is 0 Å². The Labute approximate surface area is 118 Å². The van der Waals surface area contributed by atoms with E-state index in [0.717, 1.165) is 0 Å². The summed E-state index contributed by atoms with van der Waals surface area (Å²) in [4.78, 5) is 19.5. The highest BCUT2D eigenvalue weighted by Gasteiger charge is 2.15. The SMILES string of the molecule is CCNc1cnc(C(=O)Nc2cc(F)cc(F)c2F)cn1. The Kier molecular flexibility index (Phi) is 4.36. The third-order valence-corrected chi connectivity index (χ3v) is 2.48. The molecule has 0 aliphatic rings. The molecule has 0 atom stereocenters. The second kappa shape index (κ2) is 6.21. The topological polar surface area (TPSA) is 66.9 Å². The van der Waals surface area contributed by atoms with Gasteiger partial charge in [0.2, 0.25) is 0 Å². The molecule has 5 nitrogen and oxygen atoms in total. The third kappa shape index (κ3) is 3.47. The van der Waals surface area contributed by atoms with Crippen molar-refractivity contribution in [1.82, 2.24) is 9.97 Å². The Bertz CT molecular complexity index is 661. The molecule has 2 N–H and O–H groups in total. The summed E-state index contributed by atoms with van der Waals surface area (Å²) in [6.45, 7) is 2.50. The van der Waals surface area contributed by atoms with E-state index in [9.17, 15) is 18.0 Å². The van der Waals surface area contributed by atoms with Gasteiger partial charge < -0.3 is 10.6 Å². The monoisotopic (exact) mass is 296 g/mol. The lowest BCUT2D eigenvalue weighted by Gasteiger charge is -2.07. The summed E-state index contributed by atoms with van der Waals surface area (Å²) in [6, 6.07) is 1.06. The molecule has 0 aliphatic carbocycles. The van der Waals surface area contributed by atoms with Gasteiger partial charge in [-0.25, -0.2) is 23.1 Å². The van der Waals surface area contributed by atoms with Crippen LogP contribution in [0.5, 0.6) is 0 Å². The van der Waals surface area contributed by atoms with Crippen molar-refractivity contribution in [3.63, 3.8) is 0 Å². The molecule has 21 heavy (non-hydrogen) atoms. The molecule has 0 radical (unpaired) electrons. The molecule has 0 unspecified atom stereocenters. The van der Waals surface area contributed by atoms with Crippen molar-refractivity contribution >= 4 is 17.4 Å². The van der Waals surface area contributed by atoms with E-state index in [1.54, 1.807) is 0 Å². The van der Waals surface area contributed by atoms with Gasteiger partial charge in [0.05, 0.1) is 18.1 Å². The van der Waals surface area contributed by atoms with E-state index in [1.165, 1.54) is 12.4 Å². The van der Waals surface area contributed by atoms with Crippen molar-refractivity contribution in [1.29, 1.82) is 0 Å². The van der Waals surface area contributed by atoms with Crippen molar-refractivity contribution in [2.45, 2.75) is 6.92 Å². The second-order valence-electron chi connectivity index (χ2n) is 4.02. The zero-order valence-electron chi connectivity index (χ0n) is 11.0. The van der Waals surface area contributed by atoms with Crippen molar-refractivity contribution in [2.24, 2.45) is 0 Å². The molecule has 0 saturated carbocycles. The molecule has 0 fully saturated rings. The number of carbonyl (C=O) groups is 1. The summed E-state index contributed by atoms with van der Waals surface area (Å²) in [6.07, 6.45) is 2.49. The maximum Gasteiger partial charge on any atom is 0.275 e. The van der Waals surface area contributed by atoms with Crippen LogP contribution in [0.4, 0.5) is 24.7 Å². The van der Waals surface area contributed by atoms with Gasteiger partial charge in [0.25, 0.3) is 5.91 Å². The maximum atomic E-state index is 13.4. The summed E-state index contributed by atoms with van der Waals surface area (Å²) in [5.74, 6) is -4.09. The number of nitrogens with one attached hydrogen (secondary N) is 2. The van der Waals surface area contributed by atoms with Gasteiger partial charge in [-0.05, 0) is 6.92 Å². The Morgan fingerprint density at radius 2 is 1.95 bits per heavy atom. The minimum atomic E-state index is -1.39. The lowest BCUT2D eigenvalue weighted by Crippen LogP contribution is -2.16. The van der Waals surface area contributed by atoms with E-state index < -0.39 is 29.0 Å². The third-order valence-electron chi connectivity index (χ3n) is 2.48. The van der Waals surface area contributed by atoms with Crippen LogP contribution in [0.2, 0.25) is 0 Å². The zero-order valence-corrected chi connectivity index (χ0v) is 11.0. The lowest BCUT2D eigenvalue weighted by molar-refractivity contribution is 0.102. The minimum Gasteiger partial charge on any atom is -0.369 e. The molecule has 1 amide bonds. The molecule has 0 spiro atoms. The molecule has 1 aromatic carbocycles. The molecule has 0 saturated heterocycles. The number of rotatable bonds is 4. The van der Waals surface area contributed by atoms with Crippen molar-refractivity contribution in [3.05, 3.63) is 47.7 Å². The van der Waals surface area contributed by atoms with Crippen LogP contribution in [-0.4, -0.2) is 22.4 Å². The largest absolute Gasteiger partial charge is 0.369 e. The number of anilines is 2. The first-order valence-electron chi connectivity index (χ1n) is 6.03. The van der Waals surface area contributed by atoms with Gasteiger partial charge in [-0.1, -0.05) is 0 Å². The van der Waals surface area contributed by atoms with E-state index in [0.29, 0.717) is 24.5 Å². The van der Waals surface area contributed by atoms with Crippen molar-refractivity contribution in [2.75, 3.05) is 17.2 Å². The molecule has 1 aromatic heterocycles. The number of nitrogens with zero attached hydrogens (tertiary/aromatic N) is 2. The van der Waals surface area contributed by atoms with Gasteiger partial charge in [0, 0.05) is 18.7 Å². The summed E-state index contributed by atoms with van der Waals surface area (Å²) in [5, 5.41) is 4.93. The van der Waals surface area contributed by atoms with E-state index in [2.05, 4.69) is 15.3 Å². The first-order chi connectivity index (χ1) is 10.0.